The Morgan fingerprint density at radius 3 is 2.70 bits per heavy atom. The third-order valence-corrected chi connectivity index (χ3v) is 5.13. The maximum atomic E-state index is 12.6. The van der Waals surface area contributed by atoms with Gasteiger partial charge in [-0.05, 0) is 38.1 Å². The van der Waals surface area contributed by atoms with Crippen molar-refractivity contribution in [1.82, 2.24) is 9.80 Å². The normalized spacial score (nSPS) is 22.4. The summed E-state index contributed by atoms with van der Waals surface area (Å²) in [6.45, 7) is 2.63. The van der Waals surface area contributed by atoms with Crippen molar-refractivity contribution in [3.63, 3.8) is 0 Å². The number of halogens is 1. The Labute approximate surface area is 125 Å². The molecule has 4 heteroatoms. The van der Waals surface area contributed by atoms with E-state index in [-0.39, 0.29) is 11.4 Å². The minimum Gasteiger partial charge on any atom is -0.336 e. The zero-order valence-electron chi connectivity index (χ0n) is 11.9. The maximum Gasteiger partial charge on any atom is 0.254 e. The molecule has 1 amide bonds. The van der Waals surface area contributed by atoms with Crippen molar-refractivity contribution >= 4 is 17.5 Å². The molecule has 0 unspecified atom stereocenters. The average Bonchev–Trinajstić information content (AvgIpc) is 2.91. The lowest BCUT2D eigenvalue weighted by Gasteiger charge is -2.47. The van der Waals surface area contributed by atoms with Crippen LogP contribution in [0.3, 0.4) is 0 Å². The van der Waals surface area contributed by atoms with Gasteiger partial charge in [-0.25, -0.2) is 0 Å². The molecule has 0 radical (unpaired) electrons. The maximum absolute atomic E-state index is 12.6. The van der Waals surface area contributed by atoms with Crippen molar-refractivity contribution in [2.45, 2.75) is 31.2 Å². The largest absolute Gasteiger partial charge is 0.336 e. The van der Waals surface area contributed by atoms with Crippen LogP contribution in [-0.2, 0) is 0 Å². The van der Waals surface area contributed by atoms with E-state index in [0.29, 0.717) is 10.6 Å². The number of carbonyl (C=O) groups is 1. The fourth-order valence-corrected chi connectivity index (χ4v) is 3.80. The van der Waals surface area contributed by atoms with Crippen molar-refractivity contribution in [2.75, 3.05) is 26.7 Å². The highest BCUT2D eigenvalue weighted by molar-refractivity contribution is 6.30. The van der Waals surface area contributed by atoms with Gasteiger partial charge in [0.15, 0.2) is 0 Å². The number of likely N-dealkylation sites (N-methyl/N-ethyl adjacent to an activating group) is 1. The molecule has 0 bridgehead atoms. The Morgan fingerprint density at radius 2 is 2.00 bits per heavy atom. The molecule has 1 saturated carbocycles. The first-order valence-corrected chi connectivity index (χ1v) is 7.75. The van der Waals surface area contributed by atoms with Gasteiger partial charge >= 0.3 is 0 Å². The molecule has 3 nitrogen and oxygen atoms in total. The molecule has 0 N–H and O–H groups in total. The van der Waals surface area contributed by atoms with Crippen molar-refractivity contribution < 1.29 is 4.79 Å². The predicted octanol–water partition coefficient (Wildman–Crippen LogP) is 3.04. The highest BCUT2D eigenvalue weighted by atomic mass is 35.5. The molecule has 20 heavy (non-hydrogen) atoms. The third-order valence-electron chi connectivity index (χ3n) is 4.89. The summed E-state index contributed by atoms with van der Waals surface area (Å²) < 4.78 is 0. The summed E-state index contributed by atoms with van der Waals surface area (Å²) in [4.78, 5) is 17.1. The summed E-state index contributed by atoms with van der Waals surface area (Å²) in [6, 6.07) is 7.27. The molecular formula is C16H21ClN2O. The molecule has 2 fully saturated rings. The number of benzene rings is 1. The minimum atomic E-state index is 0.117. The van der Waals surface area contributed by atoms with Gasteiger partial charge < -0.3 is 4.90 Å². The molecule has 1 aromatic rings. The summed E-state index contributed by atoms with van der Waals surface area (Å²) in [6.07, 6.45) is 4.98. The van der Waals surface area contributed by atoms with Crippen molar-refractivity contribution in [2.24, 2.45) is 0 Å². The molecule has 1 aliphatic carbocycles. The molecule has 3 rings (SSSR count). The first-order chi connectivity index (χ1) is 9.61. The van der Waals surface area contributed by atoms with Gasteiger partial charge in [-0.15, -0.1) is 0 Å². The molecule has 0 aromatic heterocycles. The SMILES string of the molecule is CN1CCN(C(=O)c2cccc(Cl)c2)CC12CCCC2. The molecule has 108 valence electrons. The van der Waals surface area contributed by atoms with Crippen molar-refractivity contribution in [1.29, 1.82) is 0 Å². The second-order valence-electron chi connectivity index (χ2n) is 6.09. The van der Waals surface area contributed by atoms with Crippen molar-refractivity contribution in [3.05, 3.63) is 34.9 Å². The highest BCUT2D eigenvalue weighted by Gasteiger charge is 2.43. The lowest BCUT2D eigenvalue weighted by molar-refractivity contribution is 0.0181. The van der Waals surface area contributed by atoms with Crippen LogP contribution in [0.1, 0.15) is 36.0 Å². The van der Waals surface area contributed by atoms with E-state index >= 15 is 0 Å². The van der Waals surface area contributed by atoms with Gasteiger partial charge in [0.05, 0.1) is 0 Å². The van der Waals surface area contributed by atoms with E-state index in [1.807, 2.05) is 17.0 Å². The number of amides is 1. The van der Waals surface area contributed by atoms with E-state index in [2.05, 4.69) is 11.9 Å². The predicted molar refractivity (Wildman–Crippen MR) is 81.2 cm³/mol. The summed E-state index contributed by atoms with van der Waals surface area (Å²) in [7, 11) is 2.20. The molecular weight excluding hydrogens is 272 g/mol. The van der Waals surface area contributed by atoms with Crippen LogP contribution < -0.4 is 0 Å². The van der Waals surface area contributed by atoms with Crippen LogP contribution in [-0.4, -0.2) is 47.9 Å². The van der Waals surface area contributed by atoms with E-state index in [4.69, 9.17) is 11.6 Å². The quantitative estimate of drug-likeness (QED) is 0.794. The Hall–Kier alpha value is -1.06. The lowest BCUT2D eigenvalue weighted by atomic mass is 9.92. The van der Waals surface area contributed by atoms with Crippen LogP contribution in [0.25, 0.3) is 0 Å². The smallest absolute Gasteiger partial charge is 0.254 e. The van der Waals surface area contributed by atoms with Crippen LogP contribution in [0.5, 0.6) is 0 Å². The van der Waals surface area contributed by atoms with Crippen LogP contribution in [0.15, 0.2) is 24.3 Å². The zero-order valence-corrected chi connectivity index (χ0v) is 12.7. The standard InChI is InChI=1S/C16H21ClN2O/c1-18-9-10-19(12-16(18)7-2-3-8-16)15(20)13-5-4-6-14(17)11-13/h4-6,11H,2-3,7-10,12H2,1H3. The molecule has 1 aliphatic heterocycles. The topological polar surface area (TPSA) is 23.6 Å². The Morgan fingerprint density at radius 1 is 1.25 bits per heavy atom. The van der Waals surface area contributed by atoms with E-state index in [1.165, 1.54) is 25.7 Å². The molecule has 0 atom stereocenters. The molecule has 1 spiro atoms. The van der Waals surface area contributed by atoms with Gasteiger partial charge in [-0.2, -0.15) is 0 Å². The Bertz CT molecular complexity index is 511. The number of piperazine rings is 1. The van der Waals surface area contributed by atoms with E-state index in [9.17, 15) is 4.79 Å². The second-order valence-corrected chi connectivity index (χ2v) is 6.53. The first-order valence-electron chi connectivity index (χ1n) is 7.37. The van der Waals surface area contributed by atoms with E-state index in [0.717, 1.165) is 19.6 Å². The lowest BCUT2D eigenvalue weighted by Crippen LogP contribution is -2.60. The Kier molecular flexibility index (Phi) is 3.74. The summed E-state index contributed by atoms with van der Waals surface area (Å²) in [5.41, 5.74) is 0.919. The van der Waals surface area contributed by atoms with Crippen molar-refractivity contribution in [3.8, 4) is 0 Å². The summed E-state index contributed by atoms with van der Waals surface area (Å²) in [5, 5.41) is 0.626. The van der Waals surface area contributed by atoms with Crippen LogP contribution >= 0.6 is 11.6 Å². The van der Waals surface area contributed by atoms with Gasteiger partial charge in [0.1, 0.15) is 0 Å². The molecule has 2 aliphatic rings. The van der Waals surface area contributed by atoms with Gasteiger partial charge in [-0.3, -0.25) is 9.69 Å². The first kappa shape index (κ1) is 13.9. The van der Waals surface area contributed by atoms with Crippen LogP contribution in [0.2, 0.25) is 5.02 Å². The fourth-order valence-electron chi connectivity index (χ4n) is 3.61. The summed E-state index contributed by atoms with van der Waals surface area (Å²) in [5.74, 6) is 0.117. The molecule has 1 saturated heterocycles. The molecule has 1 aromatic carbocycles. The van der Waals surface area contributed by atoms with E-state index in [1.54, 1.807) is 12.1 Å². The van der Waals surface area contributed by atoms with E-state index < -0.39 is 0 Å². The van der Waals surface area contributed by atoms with Gasteiger partial charge in [0, 0.05) is 35.8 Å². The number of rotatable bonds is 1. The fraction of sp³-hybridized carbons (Fsp3) is 0.562. The second kappa shape index (κ2) is 5.38. The van der Waals surface area contributed by atoms with Gasteiger partial charge in [-0.1, -0.05) is 30.5 Å². The van der Waals surface area contributed by atoms with Crippen LogP contribution in [0.4, 0.5) is 0 Å². The van der Waals surface area contributed by atoms with Gasteiger partial charge in [0.25, 0.3) is 5.91 Å². The minimum absolute atomic E-state index is 0.117. The number of nitrogens with zero attached hydrogens (tertiary/aromatic N) is 2. The molecule has 1 heterocycles. The zero-order chi connectivity index (χ0) is 14.2. The average molecular weight is 293 g/mol. The van der Waals surface area contributed by atoms with Gasteiger partial charge in [0.2, 0.25) is 0 Å². The number of carbonyl (C=O) groups excluding carboxylic acids is 1. The summed E-state index contributed by atoms with van der Waals surface area (Å²) >= 11 is 5.99. The van der Waals surface area contributed by atoms with Crippen LogP contribution in [0, 0.1) is 0 Å². The highest BCUT2D eigenvalue weighted by Crippen LogP contribution is 2.37. The monoisotopic (exact) mass is 292 g/mol. The number of hydrogen-bond donors (Lipinski definition) is 0. The Balaban J connectivity index is 1.79. The number of hydrogen-bond acceptors (Lipinski definition) is 2. The third kappa shape index (κ3) is 2.45.